The fourth-order valence-electron chi connectivity index (χ4n) is 3.83. The minimum atomic E-state index is -0.689. The van der Waals surface area contributed by atoms with Crippen LogP contribution in [0.3, 0.4) is 0 Å². The second-order valence-electron chi connectivity index (χ2n) is 8.13. The first-order valence-electron chi connectivity index (χ1n) is 10.3. The van der Waals surface area contributed by atoms with Crippen molar-refractivity contribution in [3.8, 4) is 5.75 Å². The predicted octanol–water partition coefficient (Wildman–Crippen LogP) is 3.93. The van der Waals surface area contributed by atoms with Crippen molar-refractivity contribution in [1.29, 1.82) is 0 Å². The van der Waals surface area contributed by atoms with Gasteiger partial charge in [-0.2, -0.15) is 0 Å². The number of hydrogen-bond donors (Lipinski definition) is 2. The number of likely N-dealkylation sites (N-methyl/N-ethyl adjacent to an activating group) is 1. The van der Waals surface area contributed by atoms with E-state index < -0.39 is 5.60 Å². The summed E-state index contributed by atoms with van der Waals surface area (Å²) < 4.78 is 7.13. The third kappa shape index (κ3) is 6.94. The van der Waals surface area contributed by atoms with E-state index in [2.05, 4.69) is 26.9 Å². The molecule has 1 fully saturated rings. The number of halogens is 2. The molecule has 0 atom stereocenters. The molecule has 3 rings (SSSR count). The lowest BCUT2D eigenvalue weighted by Gasteiger charge is -2.40. The Balaban J connectivity index is 1.58. The molecule has 0 radical (unpaired) electrons. The zero-order valence-corrected chi connectivity index (χ0v) is 19.7. The molecule has 5 nitrogen and oxygen atoms in total. The van der Waals surface area contributed by atoms with E-state index in [9.17, 15) is 5.11 Å². The molecule has 0 spiro atoms. The van der Waals surface area contributed by atoms with Crippen LogP contribution in [0.2, 0.25) is 5.02 Å². The lowest BCUT2D eigenvalue weighted by Crippen LogP contribution is -2.50. The maximum atomic E-state index is 10.9. The van der Waals surface area contributed by atoms with Crippen molar-refractivity contribution in [3.05, 3.63) is 63.1 Å². The summed E-state index contributed by atoms with van der Waals surface area (Å²) >= 11 is 9.53. The van der Waals surface area contributed by atoms with Crippen LogP contribution in [0.4, 0.5) is 0 Å². The van der Waals surface area contributed by atoms with E-state index in [1.54, 1.807) is 0 Å². The van der Waals surface area contributed by atoms with Gasteiger partial charge in [-0.05, 0) is 55.8 Å². The first-order valence-corrected chi connectivity index (χ1v) is 11.4. The van der Waals surface area contributed by atoms with Crippen LogP contribution in [0.1, 0.15) is 24.0 Å². The van der Waals surface area contributed by atoms with E-state index in [1.807, 2.05) is 48.3 Å². The molecule has 2 N–H and O–H groups in total. The molecular weight excluding hydrogens is 468 g/mol. The molecule has 7 heteroatoms. The molecule has 1 aliphatic rings. The molecule has 0 bridgehead atoms. The molecule has 2 aromatic rings. The Hall–Kier alpha value is -1.15. The fourth-order valence-corrected chi connectivity index (χ4v) is 4.37. The second-order valence-corrected chi connectivity index (χ2v) is 9.48. The number of ether oxygens (including phenoxy) is 1. The van der Waals surface area contributed by atoms with Gasteiger partial charge < -0.3 is 19.8 Å². The number of piperidine rings is 1. The lowest BCUT2D eigenvalue weighted by atomic mass is 9.90. The number of benzene rings is 2. The maximum Gasteiger partial charge on any atom is 0.124 e. The highest BCUT2D eigenvalue weighted by Crippen LogP contribution is 2.29. The number of aliphatic hydroxyl groups excluding tert-OH is 1. The lowest BCUT2D eigenvalue weighted by molar-refractivity contribution is -0.0441. The van der Waals surface area contributed by atoms with E-state index >= 15 is 0 Å². The molecule has 0 amide bonds. The number of aliphatic hydroxyl groups is 2. The summed E-state index contributed by atoms with van der Waals surface area (Å²) in [5.41, 5.74) is 1.51. The Labute approximate surface area is 192 Å². The molecule has 1 saturated heterocycles. The summed E-state index contributed by atoms with van der Waals surface area (Å²) in [5, 5.41) is 20.7. The van der Waals surface area contributed by atoms with Crippen LogP contribution in [0.5, 0.6) is 5.75 Å². The summed E-state index contributed by atoms with van der Waals surface area (Å²) in [4.78, 5) is 4.35. The minimum Gasteiger partial charge on any atom is -0.489 e. The monoisotopic (exact) mass is 496 g/mol. The van der Waals surface area contributed by atoms with E-state index in [0.29, 0.717) is 19.7 Å². The number of nitrogens with zero attached hydrogens (tertiary/aromatic N) is 2. The zero-order valence-electron chi connectivity index (χ0n) is 17.4. The summed E-state index contributed by atoms with van der Waals surface area (Å²) in [6, 6.07) is 13.8. The van der Waals surface area contributed by atoms with E-state index in [4.69, 9.17) is 21.4 Å². The summed E-state index contributed by atoms with van der Waals surface area (Å²) in [5.74, 6) is 0.872. The largest absolute Gasteiger partial charge is 0.489 e. The Morgan fingerprint density at radius 1 is 1.17 bits per heavy atom. The van der Waals surface area contributed by atoms with Gasteiger partial charge in [0.05, 0.1) is 12.2 Å². The Morgan fingerprint density at radius 3 is 2.53 bits per heavy atom. The third-order valence-electron chi connectivity index (χ3n) is 5.56. The first kappa shape index (κ1) is 23.5. The zero-order chi connectivity index (χ0) is 21.6. The number of likely N-dealkylation sites (tertiary alicyclic amines) is 1. The van der Waals surface area contributed by atoms with Crippen molar-refractivity contribution in [1.82, 2.24) is 9.80 Å². The SMILES string of the molecule is CN(CCO)CC1(O)CCN(Cc2cc(Br)ccc2OCc2ccc(Cl)cc2)CC1. The number of rotatable bonds is 9. The van der Waals surface area contributed by atoms with Crippen molar-refractivity contribution in [2.75, 3.05) is 39.8 Å². The molecule has 0 saturated carbocycles. The average molecular weight is 498 g/mol. The molecule has 0 unspecified atom stereocenters. The van der Waals surface area contributed by atoms with Crippen molar-refractivity contribution in [2.45, 2.75) is 31.6 Å². The third-order valence-corrected chi connectivity index (χ3v) is 6.30. The molecular formula is C23H30BrClN2O3. The molecule has 0 aliphatic carbocycles. The highest BCUT2D eigenvalue weighted by atomic mass is 79.9. The Morgan fingerprint density at radius 2 is 1.87 bits per heavy atom. The van der Waals surface area contributed by atoms with Crippen molar-refractivity contribution in [3.63, 3.8) is 0 Å². The van der Waals surface area contributed by atoms with Crippen LogP contribution in [-0.2, 0) is 13.2 Å². The van der Waals surface area contributed by atoms with Crippen molar-refractivity contribution >= 4 is 27.5 Å². The van der Waals surface area contributed by atoms with Crippen LogP contribution >= 0.6 is 27.5 Å². The summed E-state index contributed by atoms with van der Waals surface area (Å²) in [7, 11) is 1.94. The molecule has 0 aromatic heterocycles. The topological polar surface area (TPSA) is 56.2 Å². The molecule has 2 aromatic carbocycles. The smallest absolute Gasteiger partial charge is 0.124 e. The van der Waals surface area contributed by atoms with Crippen LogP contribution in [0, 0.1) is 0 Å². The standard InChI is InChI=1S/C23H30BrClN2O3/c1-26(12-13-28)17-23(29)8-10-27(11-9-23)15-19-14-20(24)4-7-22(19)30-16-18-2-5-21(25)6-3-18/h2-7,14,28-29H,8-13,15-17H2,1H3. The van der Waals surface area contributed by atoms with Gasteiger partial charge >= 0.3 is 0 Å². The van der Waals surface area contributed by atoms with Gasteiger partial charge in [-0.15, -0.1) is 0 Å². The predicted molar refractivity (Wildman–Crippen MR) is 124 cm³/mol. The molecule has 164 valence electrons. The van der Waals surface area contributed by atoms with Crippen LogP contribution in [0.25, 0.3) is 0 Å². The summed E-state index contributed by atoms with van der Waals surface area (Å²) in [6.07, 6.45) is 1.44. The highest BCUT2D eigenvalue weighted by molar-refractivity contribution is 9.10. The van der Waals surface area contributed by atoms with Gasteiger partial charge in [0.25, 0.3) is 0 Å². The highest BCUT2D eigenvalue weighted by Gasteiger charge is 2.33. The maximum absolute atomic E-state index is 10.9. The van der Waals surface area contributed by atoms with Crippen molar-refractivity contribution in [2.24, 2.45) is 0 Å². The van der Waals surface area contributed by atoms with Crippen LogP contribution in [-0.4, -0.2) is 65.4 Å². The Bertz CT molecular complexity index is 811. The second kappa shape index (κ2) is 10.9. The average Bonchev–Trinajstić information content (AvgIpc) is 2.70. The van der Waals surface area contributed by atoms with E-state index in [1.165, 1.54) is 0 Å². The van der Waals surface area contributed by atoms with Gasteiger partial charge in [-0.3, -0.25) is 4.90 Å². The van der Waals surface area contributed by atoms with Gasteiger partial charge in [0.15, 0.2) is 0 Å². The quantitative estimate of drug-likeness (QED) is 0.550. The first-order chi connectivity index (χ1) is 14.4. The molecule has 1 aliphatic heterocycles. The summed E-state index contributed by atoms with van der Waals surface area (Å²) in [6.45, 7) is 4.20. The van der Waals surface area contributed by atoms with Crippen LogP contribution in [0.15, 0.2) is 46.9 Å². The van der Waals surface area contributed by atoms with Gasteiger partial charge in [0, 0.05) is 47.8 Å². The normalized spacial score (nSPS) is 16.7. The van der Waals surface area contributed by atoms with Gasteiger partial charge in [0.2, 0.25) is 0 Å². The Kier molecular flexibility index (Phi) is 8.57. The molecule has 30 heavy (non-hydrogen) atoms. The van der Waals surface area contributed by atoms with Crippen LogP contribution < -0.4 is 4.74 Å². The van der Waals surface area contributed by atoms with Gasteiger partial charge in [-0.1, -0.05) is 39.7 Å². The van der Waals surface area contributed by atoms with E-state index in [-0.39, 0.29) is 6.61 Å². The molecule has 1 heterocycles. The number of hydrogen-bond acceptors (Lipinski definition) is 5. The fraction of sp³-hybridized carbons (Fsp3) is 0.478. The minimum absolute atomic E-state index is 0.111. The van der Waals surface area contributed by atoms with E-state index in [0.717, 1.165) is 58.8 Å². The van der Waals surface area contributed by atoms with Gasteiger partial charge in [-0.25, -0.2) is 0 Å². The van der Waals surface area contributed by atoms with Crippen molar-refractivity contribution < 1.29 is 14.9 Å². The van der Waals surface area contributed by atoms with Gasteiger partial charge in [0.1, 0.15) is 12.4 Å².